The number of aliphatic hydroxyl groups is 1. The second kappa shape index (κ2) is 7.58. The highest BCUT2D eigenvalue weighted by Crippen LogP contribution is 2.43. The Kier molecular flexibility index (Phi) is 6.06. The summed E-state index contributed by atoms with van der Waals surface area (Å²) in [4.78, 5) is 3.60. The fourth-order valence-electron chi connectivity index (χ4n) is 3.50. The summed E-state index contributed by atoms with van der Waals surface area (Å²) < 4.78 is 0. The Morgan fingerprint density at radius 1 is 1.25 bits per heavy atom. The molecule has 0 aliphatic heterocycles. The zero-order valence-corrected chi connectivity index (χ0v) is 13.8. The van der Waals surface area contributed by atoms with E-state index in [1.807, 2.05) is 0 Å². The molecule has 2 rings (SSSR count). The summed E-state index contributed by atoms with van der Waals surface area (Å²) in [5.41, 5.74) is -0.600. The lowest BCUT2D eigenvalue weighted by Crippen LogP contribution is -2.39. The van der Waals surface area contributed by atoms with E-state index >= 15 is 0 Å². The molecule has 1 heterocycles. The van der Waals surface area contributed by atoms with E-state index in [1.54, 1.807) is 11.3 Å². The molecule has 20 heavy (non-hydrogen) atoms. The van der Waals surface area contributed by atoms with Gasteiger partial charge in [0.2, 0.25) is 0 Å². The third-order valence-corrected chi connectivity index (χ3v) is 5.97. The van der Waals surface area contributed by atoms with Gasteiger partial charge in [-0.25, -0.2) is 0 Å². The molecule has 1 aromatic rings. The minimum Gasteiger partial charge on any atom is -0.384 e. The second-order valence-electron chi connectivity index (χ2n) is 6.01. The van der Waals surface area contributed by atoms with Gasteiger partial charge in [0.15, 0.2) is 0 Å². The zero-order valence-electron chi connectivity index (χ0n) is 13.0. The smallest absolute Gasteiger partial charge is 0.103 e. The Bertz CT molecular complexity index is 368. The van der Waals surface area contributed by atoms with Crippen LogP contribution in [0.5, 0.6) is 0 Å². The topological polar surface area (TPSA) is 23.5 Å². The van der Waals surface area contributed by atoms with Crippen LogP contribution < -0.4 is 0 Å². The molecule has 1 aromatic heterocycles. The molecule has 1 atom stereocenters. The lowest BCUT2D eigenvalue weighted by atomic mass is 9.74. The van der Waals surface area contributed by atoms with Crippen LogP contribution in [0.3, 0.4) is 0 Å². The molecule has 2 nitrogen and oxygen atoms in total. The fourth-order valence-corrected chi connectivity index (χ4v) is 4.44. The molecule has 0 spiro atoms. The maximum absolute atomic E-state index is 11.4. The van der Waals surface area contributed by atoms with Crippen LogP contribution in [0, 0.1) is 5.92 Å². The molecule has 114 valence electrons. The Labute approximate surface area is 127 Å². The van der Waals surface area contributed by atoms with Gasteiger partial charge in [0.1, 0.15) is 5.60 Å². The van der Waals surface area contributed by atoms with Crippen LogP contribution in [0.4, 0.5) is 0 Å². The number of rotatable bonds is 7. The largest absolute Gasteiger partial charge is 0.384 e. The highest BCUT2D eigenvalue weighted by atomic mass is 32.1. The third kappa shape index (κ3) is 3.63. The Hall–Kier alpha value is -0.380. The van der Waals surface area contributed by atoms with Crippen LogP contribution in [0.1, 0.15) is 57.2 Å². The first-order valence-corrected chi connectivity index (χ1v) is 9.07. The van der Waals surface area contributed by atoms with Crippen molar-refractivity contribution in [1.82, 2.24) is 4.90 Å². The lowest BCUT2D eigenvalue weighted by molar-refractivity contribution is -0.0486. The quantitative estimate of drug-likeness (QED) is 0.813. The zero-order chi connectivity index (χ0) is 14.4. The van der Waals surface area contributed by atoms with Crippen molar-refractivity contribution in [3.63, 3.8) is 0 Å². The summed E-state index contributed by atoms with van der Waals surface area (Å²) >= 11 is 1.72. The van der Waals surface area contributed by atoms with Gasteiger partial charge in [-0.2, -0.15) is 0 Å². The predicted octanol–water partition coefficient (Wildman–Crippen LogP) is 4.25. The van der Waals surface area contributed by atoms with Crippen molar-refractivity contribution in [2.75, 3.05) is 19.6 Å². The van der Waals surface area contributed by atoms with E-state index in [9.17, 15) is 5.11 Å². The summed E-state index contributed by atoms with van der Waals surface area (Å²) in [5, 5.41) is 13.5. The minimum absolute atomic E-state index is 0.450. The predicted molar refractivity (Wildman–Crippen MR) is 87.2 cm³/mol. The first-order valence-electron chi connectivity index (χ1n) is 8.19. The molecule has 0 bridgehead atoms. The van der Waals surface area contributed by atoms with E-state index in [1.165, 1.54) is 37.0 Å². The molecule has 1 N–H and O–H groups in total. The normalized spacial score (nSPS) is 20.2. The summed E-state index contributed by atoms with van der Waals surface area (Å²) in [6, 6.07) is 4.20. The van der Waals surface area contributed by atoms with Crippen LogP contribution in [0.25, 0.3) is 0 Å². The third-order valence-electron chi connectivity index (χ3n) is 4.93. The van der Waals surface area contributed by atoms with Crippen LogP contribution in [-0.4, -0.2) is 29.6 Å². The van der Waals surface area contributed by atoms with E-state index in [-0.39, 0.29) is 0 Å². The Morgan fingerprint density at radius 3 is 2.50 bits per heavy atom. The molecular weight excluding hydrogens is 266 g/mol. The van der Waals surface area contributed by atoms with Gasteiger partial charge in [-0.05, 0) is 49.7 Å². The van der Waals surface area contributed by atoms with Crippen LogP contribution in [0.2, 0.25) is 0 Å². The molecule has 0 radical (unpaired) electrons. The summed E-state index contributed by atoms with van der Waals surface area (Å²) in [5.74, 6) is 0.450. The number of hydrogen-bond acceptors (Lipinski definition) is 3. The first-order chi connectivity index (χ1) is 9.70. The molecule has 1 unspecified atom stereocenters. The van der Waals surface area contributed by atoms with Gasteiger partial charge in [-0.3, -0.25) is 0 Å². The summed E-state index contributed by atoms with van der Waals surface area (Å²) in [7, 11) is 0. The Morgan fingerprint density at radius 2 is 1.95 bits per heavy atom. The molecule has 1 aliphatic rings. The Balaban J connectivity index is 2.11. The highest BCUT2D eigenvalue weighted by Gasteiger charge is 2.39. The van der Waals surface area contributed by atoms with Crippen molar-refractivity contribution >= 4 is 11.3 Å². The van der Waals surface area contributed by atoms with E-state index in [0.29, 0.717) is 5.92 Å². The van der Waals surface area contributed by atoms with Gasteiger partial charge < -0.3 is 10.0 Å². The number of nitrogens with zero attached hydrogens (tertiary/aromatic N) is 1. The van der Waals surface area contributed by atoms with Crippen LogP contribution in [0.15, 0.2) is 17.5 Å². The molecule has 1 fully saturated rings. The molecule has 0 saturated heterocycles. The van der Waals surface area contributed by atoms with Crippen molar-refractivity contribution in [2.24, 2.45) is 5.92 Å². The van der Waals surface area contributed by atoms with Gasteiger partial charge in [-0.15, -0.1) is 11.3 Å². The van der Waals surface area contributed by atoms with E-state index in [2.05, 4.69) is 36.3 Å². The average molecular weight is 295 g/mol. The summed E-state index contributed by atoms with van der Waals surface area (Å²) in [6.45, 7) is 7.55. The van der Waals surface area contributed by atoms with Crippen molar-refractivity contribution in [3.8, 4) is 0 Å². The average Bonchev–Trinajstić information content (AvgIpc) is 3.04. The van der Waals surface area contributed by atoms with Crippen molar-refractivity contribution < 1.29 is 5.11 Å². The lowest BCUT2D eigenvalue weighted by Gasteiger charge is -2.39. The number of hydrogen-bond donors (Lipinski definition) is 1. The van der Waals surface area contributed by atoms with Crippen molar-refractivity contribution in [2.45, 2.75) is 58.0 Å². The molecular formula is C17H29NOS. The standard InChI is InChI=1S/C17H29NOS/c1-3-18(4-2)13-12-17(19,16-11-8-14-20-16)15-9-6-5-7-10-15/h8,11,14-15,19H,3-7,9-10,12-13H2,1-2H3. The van der Waals surface area contributed by atoms with Crippen LogP contribution >= 0.6 is 11.3 Å². The SMILES string of the molecule is CCN(CC)CCC(O)(c1cccs1)C1CCCCC1. The minimum atomic E-state index is -0.600. The fraction of sp³-hybridized carbons (Fsp3) is 0.765. The highest BCUT2D eigenvalue weighted by molar-refractivity contribution is 7.10. The molecule has 3 heteroatoms. The molecule has 0 amide bonds. The molecule has 1 aliphatic carbocycles. The van der Waals surface area contributed by atoms with E-state index in [0.717, 1.165) is 26.1 Å². The summed E-state index contributed by atoms with van der Waals surface area (Å²) in [6.07, 6.45) is 7.15. The van der Waals surface area contributed by atoms with Gasteiger partial charge in [0, 0.05) is 11.4 Å². The molecule has 1 saturated carbocycles. The van der Waals surface area contributed by atoms with E-state index in [4.69, 9.17) is 0 Å². The number of thiophene rings is 1. The van der Waals surface area contributed by atoms with Crippen molar-refractivity contribution in [3.05, 3.63) is 22.4 Å². The van der Waals surface area contributed by atoms with Gasteiger partial charge in [0.25, 0.3) is 0 Å². The van der Waals surface area contributed by atoms with Gasteiger partial charge >= 0.3 is 0 Å². The van der Waals surface area contributed by atoms with Gasteiger partial charge in [-0.1, -0.05) is 39.2 Å². The second-order valence-corrected chi connectivity index (χ2v) is 6.96. The first kappa shape index (κ1) is 16.0. The van der Waals surface area contributed by atoms with Gasteiger partial charge in [0.05, 0.1) is 0 Å². The van der Waals surface area contributed by atoms with Crippen LogP contribution in [-0.2, 0) is 5.60 Å². The maximum Gasteiger partial charge on any atom is 0.103 e. The maximum atomic E-state index is 11.4. The van der Waals surface area contributed by atoms with Crippen molar-refractivity contribution in [1.29, 1.82) is 0 Å². The molecule has 0 aromatic carbocycles. The monoisotopic (exact) mass is 295 g/mol. The van der Waals surface area contributed by atoms with E-state index < -0.39 is 5.60 Å².